The minimum atomic E-state index is -0.276. The van der Waals surface area contributed by atoms with Gasteiger partial charge in [-0.1, -0.05) is 41.9 Å². The average molecular weight is 531 g/mol. The summed E-state index contributed by atoms with van der Waals surface area (Å²) in [5.41, 5.74) is 4.67. The Morgan fingerprint density at radius 2 is 1.89 bits per heavy atom. The predicted octanol–water partition coefficient (Wildman–Crippen LogP) is 6.61. The second-order valence-electron chi connectivity index (χ2n) is 9.09. The quantitative estimate of drug-likeness (QED) is 0.262. The minimum Gasteiger partial charge on any atom is -0.459 e. The van der Waals surface area contributed by atoms with E-state index in [0.29, 0.717) is 16.7 Å². The number of nitrogens with one attached hydrogen (secondary N) is 2. The normalized spacial score (nSPS) is 17.1. The van der Waals surface area contributed by atoms with Crippen LogP contribution in [0, 0.1) is 13.8 Å². The van der Waals surface area contributed by atoms with E-state index in [1.807, 2.05) is 91.5 Å². The van der Waals surface area contributed by atoms with Crippen LogP contribution in [-0.2, 0) is 4.79 Å². The van der Waals surface area contributed by atoms with E-state index < -0.39 is 0 Å². The molecule has 2 N–H and O–H groups in total. The topological polar surface area (TPSA) is 70.4 Å². The number of hydrogen-bond donors (Lipinski definition) is 2. The SMILES string of the molecule is Cc1ccccc1NC(=O)CCN1C(=S)N[C@@H](c2ccccn2)[C@H]1c1ccc(-c2cc(Cl)ccc2C)o1. The smallest absolute Gasteiger partial charge is 0.226 e. The van der Waals surface area contributed by atoms with Crippen molar-refractivity contribution in [3.63, 3.8) is 0 Å². The van der Waals surface area contributed by atoms with Crippen LogP contribution in [0.2, 0.25) is 5.02 Å². The number of halogens is 1. The Balaban J connectivity index is 1.42. The van der Waals surface area contributed by atoms with E-state index in [0.717, 1.165) is 39.6 Å². The summed E-state index contributed by atoms with van der Waals surface area (Å²) in [7, 11) is 0. The first kappa shape index (κ1) is 25.0. The molecule has 1 fully saturated rings. The Kier molecular flexibility index (Phi) is 7.26. The van der Waals surface area contributed by atoms with Crippen molar-refractivity contribution in [3.8, 4) is 11.3 Å². The fourth-order valence-corrected chi connectivity index (χ4v) is 5.12. The molecule has 5 rings (SSSR count). The Labute approximate surface area is 226 Å². The van der Waals surface area contributed by atoms with Crippen molar-refractivity contribution in [1.29, 1.82) is 0 Å². The van der Waals surface area contributed by atoms with Crippen LogP contribution in [0.4, 0.5) is 5.69 Å². The molecule has 3 heterocycles. The van der Waals surface area contributed by atoms with Crippen LogP contribution in [0.1, 0.15) is 41.1 Å². The lowest BCUT2D eigenvalue weighted by atomic mass is 10.0. The van der Waals surface area contributed by atoms with E-state index in [-0.39, 0.29) is 24.4 Å². The Bertz CT molecular complexity index is 1440. The number of aryl methyl sites for hydroxylation is 2. The van der Waals surface area contributed by atoms with Gasteiger partial charge in [0.2, 0.25) is 5.91 Å². The summed E-state index contributed by atoms with van der Waals surface area (Å²) in [5, 5.41) is 7.61. The summed E-state index contributed by atoms with van der Waals surface area (Å²) in [4.78, 5) is 19.4. The van der Waals surface area contributed by atoms with Crippen molar-refractivity contribution in [2.24, 2.45) is 0 Å². The summed E-state index contributed by atoms with van der Waals surface area (Å²) in [6.07, 6.45) is 2.03. The second-order valence-corrected chi connectivity index (χ2v) is 9.92. The predicted molar refractivity (Wildman–Crippen MR) is 150 cm³/mol. The summed E-state index contributed by atoms with van der Waals surface area (Å²) in [6.45, 7) is 4.42. The van der Waals surface area contributed by atoms with Crippen LogP contribution in [-0.4, -0.2) is 27.4 Å². The molecule has 0 aliphatic carbocycles. The molecule has 1 saturated heterocycles. The van der Waals surface area contributed by atoms with Crippen LogP contribution in [0.25, 0.3) is 11.3 Å². The zero-order valence-corrected chi connectivity index (χ0v) is 22.1. The van der Waals surface area contributed by atoms with Crippen molar-refractivity contribution >= 4 is 40.5 Å². The van der Waals surface area contributed by atoms with Crippen LogP contribution in [0.5, 0.6) is 0 Å². The molecule has 2 aromatic heterocycles. The monoisotopic (exact) mass is 530 g/mol. The van der Waals surface area contributed by atoms with E-state index in [1.54, 1.807) is 6.20 Å². The van der Waals surface area contributed by atoms with Crippen LogP contribution in [0.3, 0.4) is 0 Å². The molecule has 1 amide bonds. The van der Waals surface area contributed by atoms with Gasteiger partial charge in [-0.05, 0) is 79.7 Å². The van der Waals surface area contributed by atoms with Crippen molar-refractivity contribution in [1.82, 2.24) is 15.2 Å². The number of furan rings is 1. The highest BCUT2D eigenvalue weighted by Crippen LogP contribution is 2.41. The molecule has 4 aromatic rings. The van der Waals surface area contributed by atoms with E-state index in [2.05, 4.69) is 15.6 Å². The number of amides is 1. The van der Waals surface area contributed by atoms with Gasteiger partial charge in [-0.15, -0.1) is 0 Å². The maximum atomic E-state index is 12.8. The van der Waals surface area contributed by atoms with E-state index in [4.69, 9.17) is 28.2 Å². The third-order valence-corrected chi connectivity index (χ3v) is 7.17. The lowest BCUT2D eigenvalue weighted by Gasteiger charge is -2.26. The highest BCUT2D eigenvalue weighted by atomic mass is 35.5. The van der Waals surface area contributed by atoms with Gasteiger partial charge in [0.05, 0.1) is 11.7 Å². The number of carbonyl (C=O) groups excluding carboxylic acids is 1. The molecule has 0 radical (unpaired) electrons. The fraction of sp³-hybridized carbons (Fsp3) is 0.207. The number of benzene rings is 2. The highest BCUT2D eigenvalue weighted by Gasteiger charge is 2.41. The van der Waals surface area contributed by atoms with Crippen LogP contribution in [0.15, 0.2) is 83.4 Å². The molecular weight excluding hydrogens is 504 g/mol. The van der Waals surface area contributed by atoms with Gasteiger partial charge in [-0.2, -0.15) is 0 Å². The number of nitrogens with zero attached hydrogens (tertiary/aromatic N) is 2. The van der Waals surface area contributed by atoms with Crippen LogP contribution < -0.4 is 10.6 Å². The van der Waals surface area contributed by atoms with Crippen LogP contribution >= 0.6 is 23.8 Å². The van der Waals surface area contributed by atoms with Gasteiger partial charge in [0.1, 0.15) is 17.6 Å². The third-order valence-electron chi connectivity index (χ3n) is 6.58. The first-order chi connectivity index (χ1) is 17.9. The van der Waals surface area contributed by atoms with Crippen molar-refractivity contribution in [2.45, 2.75) is 32.4 Å². The Hall–Kier alpha value is -3.68. The van der Waals surface area contributed by atoms with Crippen molar-refractivity contribution < 1.29 is 9.21 Å². The molecule has 6 nitrogen and oxygen atoms in total. The number of aromatic nitrogens is 1. The van der Waals surface area contributed by atoms with Gasteiger partial charge in [0.25, 0.3) is 0 Å². The molecular formula is C29H27ClN4O2S. The lowest BCUT2D eigenvalue weighted by molar-refractivity contribution is -0.116. The van der Waals surface area contributed by atoms with E-state index in [1.165, 1.54) is 0 Å². The van der Waals surface area contributed by atoms with Crippen molar-refractivity contribution in [3.05, 3.63) is 107 Å². The molecule has 0 unspecified atom stereocenters. The number of carbonyl (C=O) groups is 1. The minimum absolute atomic E-state index is 0.0770. The van der Waals surface area contributed by atoms with Gasteiger partial charge in [0.15, 0.2) is 5.11 Å². The molecule has 0 bridgehead atoms. The van der Waals surface area contributed by atoms with Gasteiger partial charge >= 0.3 is 0 Å². The van der Waals surface area contributed by atoms with E-state index >= 15 is 0 Å². The standard InChI is InChI=1S/C29H27ClN4O2S/c1-18-10-11-20(30)17-21(18)24-12-13-25(36-24)28-27(23-9-5-6-15-31-23)33-29(37)34(28)16-14-26(35)32-22-8-4-3-7-19(22)2/h3-13,15,17,27-28H,14,16H2,1-2H3,(H,32,35)(H,33,37)/t27-,28+/m0/s1. The van der Waals surface area contributed by atoms with E-state index in [9.17, 15) is 4.79 Å². The van der Waals surface area contributed by atoms with Gasteiger partial charge in [0, 0.05) is 35.4 Å². The zero-order valence-electron chi connectivity index (χ0n) is 20.6. The molecule has 2 aromatic carbocycles. The third kappa shape index (κ3) is 5.38. The summed E-state index contributed by atoms with van der Waals surface area (Å²) in [6, 6.07) is 22.7. The number of para-hydroxylation sites is 1. The van der Waals surface area contributed by atoms with Gasteiger partial charge < -0.3 is 20.0 Å². The number of rotatable bonds is 7. The number of pyridine rings is 1. The fourth-order valence-electron chi connectivity index (χ4n) is 4.62. The molecule has 1 aliphatic rings. The summed E-state index contributed by atoms with van der Waals surface area (Å²) >= 11 is 12.0. The number of thiocarbonyl (C=S) groups is 1. The Morgan fingerprint density at radius 1 is 1.08 bits per heavy atom. The highest BCUT2D eigenvalue weighted by molar-refractivity contribution is 7.80. The molecule has 2 atom stereocenters. The number of hydrogen-bond acceptors (Lipinski definition) is 4. The molecule has 188 valence electrons. The largest absolute Gasteiger partial charge is 0.459 e. The molecule has 8 heteroatoms. The first-order valence-electron chi connectivity index (χ1n) is 12.1. The molecule has 0 spiro atoms. The lowest BCUT2D eigenvalue weighted by Crippen LogP contribution is -2.32. The summed E-state index contributed by atoms with van der Waals surface area (Å²) in [5.74, 6) is 1.38. The molecule has 37 heavy (non-hydrogen) atoms. The Morgan fingerprint density at radius 3 is 2.68 bits per heavy atom. The van der Waals surface area contributed by atoms with Gasteiger partial charge in [-0.3, -0.25) is 9.78 Å². The maximum Gasteiger partial charge on any atom is 0.226 e. The van der Waals surface area contributed by atoms with Gasteiger partial charge in [-0.25, -0.2) is 0 Å². The zero-order chi connectivity index (χ0) is 25.9. The molecule has 1 aliphatic heterocycles. The second kappa shape index (κ2) is 10.7. The summed E-state index contributed by atoms with van der Waals surface area (Å²) < 4.78 is 6.41. The number of anilines is 1. The molecule has 0 saturated carbocycles. The van der Waals surface area contributed by atoms with Crippen molar-refractivity contribution in [2.75, 3.05) is 11.9 Å². The maximum absolute atomic E-state index is 12.8. The first-order valence-corrected chi connectivity index (χ1v) is 12.9. The average Bonchev–Trinajstić information content (AvgIpc) is 3.50.